The van der Waals surface area contributed by atoms with Gasteiger partial charge in [-0.1, -0.05) is 13.3 Å². The second-order valence-electron chi connectivity index (χ2n) is 5.33. The molecule has 2 unspecified atom stereocenters. The average molecular weight is 306 g/mol. The van der Waals surface area contributed by atoms with Crippen LogP contribution in [0.25, 0.3) is 0 Å². The van der Waals surface area contributed by atoms with Gasteiger partial charge in [-0.25, -0.2) is 8.42 Å². The molecule has 0 aliphatic carbocycles. The van der Waals surface area contributed by atoms with Crippen LogP contribution in [0.4, 0.5) is 0 Å². The molecule has 0 bridgehead atoms. The maximum atomic E-state index is 12.1. The summed E-state index contributed by atoms with van der Waals surface area (Å²) in [5, 5.41) is 11.3. The number of amides is 1. The highest BCUT2D eigenvalue weighted by molar-refractivity contribution is 7.88. The number of aliphatic carboxylic acids is 1. The minimum Gasteiger partial charge on any atom is -0.481 e. The van der Waals surface area contributed by atoms with Crippen LogP contribution in [-0.4, -0.2) is 55.1 Å². The summed E-state index contributed by atoms with van der Waals surface area (Å²) in [7, 11) is -3.40. The van der Waals surface area contributed by atoms with Gasteiger partial charge >= 0.3 is 5.97 Å². The summed E-state index contributed by atoms with van der Waals surface area (Å²) < 4.78 is 24.5. The first kappa shape index (κ1) is 16.9. The molecule has 1 aliphatic rings. The molecule has 1 saturated heterocycles. The summed E-state index contributed by atoms with van der Waals surface area (Å²) >= 11 is 0. The van der Waals surface area contributed by atoms with Crippen LogP contribution < -0.4 is 5.32 Å². The van der Waals surface area contributed by atoms with Crippen molar-refractivity contribution >= 4 is 21.9 Å². The quantitative estimate of drug-likeness (QED) is 0.720. The third-order valence-electron chi connectivity index (χ3n) is 3.33. The molecule has 8 heteroatoms. The number of hydrogen-bond acceptors (Lipinski definition) is 4. The summed E-state index contributed by atoms with van der Waals surface area (Å²) in [6, 6.07) is -0.671. The third kappa shape index (κ3) is 5.09. The van der Waals surface area contributed by atoms with Crippen LogP contribution in [-0.2, 0) is 19.6 Å². The molecule has 7 nitrogen and oxygen atoms in total. The van der Waals surface area contributed by atoms with Crippen LogP contribution in [0.1, 0.15) is 32.6 Å². The van der Waals surface area contributed by atoms with Crippen LogP contribution in [0.3, 0.4) is 0 Å². The molecule has 1 fully saturated rings. The Balaban J connectivity index is 2.58. The van der Waals surface area contributed by atoms with Gasteiger partial charge in [0.2, 0.25) is 15.9 Å². The first-order chi connectivity index (χ1) is 9.21. The number of carboxylic acid groups (broad SMARTS) is 1. The minimum atomic E-state index is -3.40. The van der Waals surface area contributed by atoms with Gasteiger partial charge in [-0.15, -0.1) is 0 Å². The van der Waals surface area contributed by atoms with E-state index in [9.17, 15) is 18.0 Å². The van der Waals surface area contributed by atoms with Crippen molar-refractivity contribution in [3.63, 3.8) is 0 Å². The van der Waals surface area contributed by atoms with Crippen molar-refractivity contribution in [2.75, 3.05) is 19.3 Å². The second-order valence-corrected chi connectivity index (χ2v) is 7.27. The van der Waals surface area contributed by atoms with Crippen molar-refractivity contribution in [3.05, 3.63) is 0 Å². The summed E-state index contributed by atoms with van der Waals surface area (Å²) in [5.41, 5.74) is 0. The molecule has 0 radical (unpaired) electrons. The van der Waals surface area contributed by atoms with E-state index in [-0.39, 0.29) is 24.8 Å². The predicted molar refractivity (Wildman–Crippen MR) is 73.6 cm³/mol. The highest BCUT2D eigenvalue weighted by Gasteiger charge is 2.34. The fourth-order valence-electron chi connectivity index (χ4n) is 2.33. The Morgan fingerprint density at radius 2 is 2.05 bits per heavy atom. The van der Waals surface area contributed by atoms with E-state index < -0.39 is 22.0 Å². The molecule has 0 saturated carbocycles. The monoisotopic (exact) mass is 306 g/mol. The number of carboxylic acids is 1. The highest BCUT2D eigenvalue weighted by Crippen LogP contribution is 2.20. The van der Waals surface area contributed by atoms with Crippen molar-refractivity contribution in [1.82, 2.24) is 9.62 Å². The lowest BCUT2D eigenvalue weighted by Crippen LogP contribution is -2.52. The van der Waals surface area contributed by atoms with Crippen molar-refractivity contribution in [1.29, 1.82) is 0 Å². The fraction of sp³-hybridized carbons (Fsp3) is 0.833. The molecular formula is C12H22N2O5S. The number of carbonyl (C=O) groups is 2. The summed E-state index contributed by atoms with van der Waals surface area (Å²) in [6.07, 6.45) is 3.15. The van der Waals surface area contributed by atoms with E-state index in [1.54, 1.807) is 6.92 Å². The summed E-state index contributed by atoms with van der Waals surface area (Å²) in [5.74, 6) is -1.44. The summed E-state index contributed by atoms with van der Waals surface area (Å²) in [6.45, 7) is 2.32. The van der Waals surface area contributed by atoms with E-state index >= 15 is 0 Å². The van der Waals surface area contributed by atoms with Gasteiger partial charge in [0, 0.05) is 19.5 Å². The number of sulfonamides is 1. The molecule has 2 atom stereocenters. The van der Waals surface area contributed by atoms with Crippen LogP contribution >= 0.6 is 0 Å². The maximum absolute atomic E-state index is 12.1. The first-order valence-corrected chi connectivity index (χ1v) is 8.53. The molecule has 20 heavy (non-hydrogen) atoms. The molecule has 0 aromatic rings. The van der Waals surface area contributed by atoms with Crippen molar-refractivity contribution < 1.29 is 23.1 Å². The van der Waals surface area contributed by atoms with Crippen molar-refractivity contribution in [3.8, 4) is 0 Å². The lowest BCUT2D eigenvalue weighted by atomic mass is 10.0. The van der Waals surface area contributed by atoms with Crippen LogP contribution in [0, 0.1) is 5.92 Å². The maximum Gasteiger partial charge on any atom is 0.303 e. The molecule has 1 heterocycles. The Hall–Kier alpha value is -1.15. The Morgan fingerprint density at radius 1 is 1.40 bits per heavy atom. The largest absolute Gasteiger partial charge is 0.481 e. The normalized spacial score (nSPS) is 22.2. The third-order valence-corrected chi connectivity index (χ3v) is 4.62. The smallest absolute Gasteiger partial charge is 0.303 e. The average Bonchev–Trinajstić information content (AvgIpc) is 2.34. The van der Waals surface area contributed by atoms with Gasteiger partial charge in [0.05, 0.1) is 6.26 Å². The molecule has 0 aromatic heterocycles. The number of carbonyl (C=O) groups excluding carboxylic acids is 1. The van der Waals surface area contributed by atoms with Crippen molar-refractivity contribution in [2.24, 2.45) is 5.92 Å². The zero-order valence-corrected chi connectivity index (χ0v) is 12.6. The van der Waals surface area contributed by atoms with Gasteiger partial charge in [0.1, 0.15) is 6.04 Å². The van der Waals surface area contributed by atoms with E-state index in [4.69, 9.17) is 5.11 Å². The number of nitrogens with one attached hydrogen (secondary N) is 1. The lowest BCUT2D eigenvalue weighted by Gasteiger charge is -2.32. The van der Waals surface area contributed by atoms with Gasteiger partial charge in [-0.2, -0.15) is 4.31 Å². The SMILES string of the molecule is CC(CNC(=O)C1CCCCN1S(C)(=O)=O)CC(=O)O. The number of piperidine rings is 1. The van der Waals surface area contributed by atoms with Gasteiger partial charge in [0.25, 0.3) is 0 Å². The number of nitrogens with zero attached hydrogens (tertiary/aromatic N) is 1. The molecule has 1 amide bonds. The van der Waals surface area contributed by atoms with Gasteiger partial charge in [-0.05, 0) is 18.8 Å². The van der Waals surface area contributed by atoms with E-state index in [2.05, 4.69) is 5.32 Å². The standard InChI is InChI=1S/C12H22N2O5S/c1-9(7-11(15)16)8-13-12(17)10-5-3-4-6-14(10)20(2,18)19/h9-10H,3-8H2,1-2H3,(H,13,17)(H,15,16). The van der Waals surface area contributed by atoms with Crippen molar-refractivity contribution in [2.45, 2.75) is 38.6 Å². The Labute approximate surface area is 119 Å². The zero-order valence-electron chi connectivity index (χ0n) is 11.8. The van der Waals surface area contributed by atoms with E-state index in [0.717, 1.165) is 19.1 Å². The Morgan fingerprint density at radius 3 is 2.60 bits per heavy atom. The molecular weight excluding hydrogens is 284 g/mol. The molecule has 0 spiro atoms. The second kappa shape index (κ2) is 7.03. The van der Waals surface area contributed by atoms with Gasteiger partial charge in [0.15, 0.2) is 0 Å². The molecule has 2 N–H and O–H groups in total. The van der Waals surface area contributed by atoms with E-state index in [0.29, 0.717) is 13.0 Å². The topological polar surface area (TPSA) is 104 Å². The minimum absolute atomic E-state index is 0.0270. The molecule has 1 aliphatic heterocycles. The summed E-state index contributed by atoms with van der Waals surface area (Å²) in [4.78, 5) is 22.6. The lowest BCUT2D eigenvalue weighted by molar-refractivity contribution is -0.138. The van der Waals surface area contributed by atoms with E-state index in [1.807, 2.05) is 0 Å². The van der Waals surface area contributed by atoms with Gasteiger partial charge in [-0.3, -0.25) is 9.59 Å². The predicted octanol–water partition coefficient (Wildman–Crippen LogP) is 0.0275. The Bertz CT molecular complexity index is 462. The Kier molecular flexibility index (Phi) is 5.94. The highest BCUT2D eigenvalue weighted by atomic mass is 32.2. The number of hydrogen-bond donors (Lipinski definition) is 2. The molecule has 1 rings (SSSR count). The fourth-order valence-corrected chi connectivity index (χ4v) is 3.45. The zero-order chi connectivity index (χ0) is 15.3. The van der Waals surface area contributed by atoms with Crippen LogP contribution in [0.15, 0.2) is 0 Å². The van der Waals surface area contributed by atoms with Gasteiger partial charge < -0.3 is 10.4 Å². The first-order valence-electron chi connectivity index (χ1n) is 6.68. The van der Waals surface area contributed by atoms with Crippen LogP contribution in [0.2, 0.25) is 0 Å². The number of rotatable bonds is 6. The molecule has 0 aromatic carbocycles. The van der Waals surface area contributed by atoms with E-state index in [1.165, 1.54) is 4.31 Å². The molecule has 116 valence electrons. The van der Waals surface area contributed by atoms with Crippen LogP contribution in [0.5, 0.6) is 0 Å².